The first-order chi connectivity index (χ1) is 9.99. The molecule has 0 saturated carbocycles. The predicted molar refractivity (Wildman–Crippen MR) is 87.4 cm³/mol. The maximum atomic E-state index is 12.2. The largest absolute Gasteiger partial charge is 0.350 e. The molecule has 0 unspecified atom stereocenters. The van der Waals surface area contributed by atoms with Crippen LogP contribution in [0, 0.1) is 0 Å². The number of carbonyl (C=O) groups is 1. The molecule has 0 fully saturated rings. The Morgan fingerprint density at radius 2 is 2.00 bits per heavy atom. The zero-order valence-corrected chi connectivity index (χ0v) is 13.9. The highest BCUT2D eigenvalue weighted by Gasteiger charge is 2.15. The standard InChI is InChI=1S/C16H28N4O/c1-6-20(7-2)15(21)12-19(5)16-14(9-8-10-17-16)11-18-13(3)4/h8-10,13,18H,6-7,11-12H2,1-5H3. The van der Waals surface area contributed by atoms with Gasteiger partial charge in [0.25, 0.3) is 0 Å². The molecule has 5 nitrogen and oxygen atoms in total. The fourth-order valence-corrected chi connectivity index (χ4v) is 2.18. The minimum Gasteiger partial charge on any atom is -0.350 e. The van der Waals surface area contributed by atoms with Crippen LogP contribution in [0.1, 0.15) is 33.3 Å². The fraction of sp³-hybridized carbons (Fsp3) is 0.625. The molecule has 0 spiro atoms. The van der Waals surface area contributed by atoms with E-state index in [0.717, 1.165) is 31.0 Å². The third-order valence-corrected chi connectivity index (χ3v) is 3.42. The Morgan fingerprint density at radius 1 is 1.33 bits per heavy atom. The highest BCUT2D eigenvalue weighted by molar-refractivity contribution is 5.81. The average molecular weight is 292 g/mol. The molecule has 21 heavy (non-hydrogen) atoms. The van der Waals surface area contributed by atoms with Crippen molar-refractivity contribution in [1.29, 1.82) is 0 Å². The van der Waals surface area contributed by atoms with Gasteiger partial charge in [0.1, 0.15) is 5.82 Å². The second-order valence-corrected chi connectivity index (χ2v) is 5.44. The van der Waals surface area contributed by atoms with Crippen LogP contribution in [0.2, 0.25) is 0 Å². The topological polar surface area (TPSA) is 48.5 Å². The first-order valence-electron chi connectivity index (χ1n) is 7.65. The van der Waals surface area contributed by atoms with E-state index in [2.05, 4.69) is 30.2 Å². The molecule has 0 bridgehead atoms. The van der Waals surface area contributed by atoms with Gasteiger partial charge in [-0.3, -0.25) is 4.79 Å². The van der Waals surface area contributed by atoms with Crippen molar-refractivity contribution in [3.63, 3.8) is 0 Å². The molecule has 1 rings (SSSR count). The zero-order chi connectivity index (χ0) is 15.8. The van der Waals surface area contributed by atoms with E-state index in [4.69, 9.17) is 0 Å². The fourth-order valence-electron chi connectivity index (χ4n) is 2.18. The number of hydrogen-bond acceptors (Lipinski definition) is 4. The summed E-state index contributed by atoms with van der Waals surface area (Å²) in [6.45, 7) is 10.8. The Bertz CT molecular complexity index is 444. The Hall–Kier alpha value is -1.62. The van der Waals surface area contributed by atoms with Gasteiger partial charge in [-0.05, 0) is 19.9 Å². The van der Waals surface area contributed by atoms with E-state index >= 15 is 0 Å². The van der Waals surface area contributed by atoms with E-state index in [-0.39, 0.29) is 5.91 Å². The van der Waals surface area contributed by atoms with Gasteiger partial charge in [0.15, 0.2) is 0 Å². The Kier molecular flexibility index (Phi) is 7.15. The summed E-state index contributed by atoms with van der Waals surface area (Å²) in [5.41, 5.74) is 1.11. The lowest BCUT2D eigenvalue weighted by molar-refractivity contribution is -0.129. The maximum absolute atomic E-state index is 12.2. The minimum atomic E-state index is 0.135. The van der Waals surface area contributed by atoms with Gasteiger partial charge in [-0.15, -0.1) is 0 Å². The van der Waals surface area contributed by atoms with Crippen molar-refractivity contribution in [1.82, 2.24) is 15.2 Å². The van der Waals surface area contributed by atoms with Crippen LogP contribution >= 0.6 is 0 Å². The van der Waals surface area contributed by atoms with Gasteiger partial charge in [-0.1, -0.05) is 19.9 Å². The highest BCUT2D eigenvalue weighted by Crippen LogP contribution is 2.15. The number of rotatable bonds is 8. The molecule has 5 heteroatoms. The molecule has 0 aliphatic heterocycles. The quantitative estimate of drug-likeness (QED) is 0.795. The molecule has 0 aliphatic rings. The van der Waals surface area contributed by atoms with Gasteiger partial charge in [-0.2, -0.15) is 0 Å². The van der Waals surface area contributed by atoms with Crippen LogP contribution in [0.25, 0.3) is 0 Å². The van der Waals surface area contributed by atoms with Crippen molar-refractivity contribution < 1.29 is 4.79 Å². The van der Waals surface area contributed by atoms with Gasteiger partial charge >= 0.3 is 0 Å². The van der Waals surface area contributed by atoms with Gasteiger partial charge in [-0.25, -0.2) is 4.98 Å². The van der Waals surface area contributed by atoms with Crippen LogP contribution in [-0.4, -0.2) is 48.5 Å². The molecule has 0 aliphatic carbocycles. The summed E-state index contributed by atoms with van der Waals surface area (Å²) in [6.07, 6.45) is 1.77. The van der Waals surface area contributed by atoms with Gasteiger partial charge < -0.3 is 15.1 Å². The molecule has 0 atom stereocenters. The van der Waals surface area contributed by atoms with E-state index in [0.29, 0.717) is 12.6 Å². The van der Waals surface area contributed by atoms with Gasteiger partial charge in [0, 0.05) is 44.5 Å². The molecule has 0 aromatic carbocycles. The molecule has 0 radical (unpaired) electrons. The Labute approximate surface area is 128 Å². The van der Waals surface area contributed by atoms with Crippen LogP contribution in [0.3, 0.4) is 0 Å². The normalized spacial score (nSPS) is 10.8. The van der Waals surface area contributed by atoms with E-state index in [9.17, 15) is 4.79 Å². The van der Waals surface area contributed by atoms with Crippen molar-refractivity contribution in [3.05, 3.63) is 23.9 Å². The minimum absolute atomic E-state index is 0.135. The van der Waals surface area contributed by atoms with Crippen LogP contribution in [0.15, 0.2) is 18.3 Å². The van der Waals surface area contributed by atoms with Crippen molar-refractivity contribution in [2.24, 2.45) is 0 Å². The second kappa shape index (κ2) is 8.62. The zero-order valence-electron chi connectivity index (χ0n) is 13.9. The average Bonchev–Trinajstić information content (AvgIpc) is 2.46. The van der Waals surface area contributed by atoms with Crippen molar-refractivity contribution >= 4 is 11.7 Å². The first-order valence-corrected chi connectivity index (χ1v) is 7.65. The Morgan fingerprint density at radius 3 is 2.57 bits per heavy atom. The number of hydrogen-bond donors (Lipinski definition) is 1. The predicted octanol–water partition coefficient (Wildman–Crippen LogP) is 1.88. The molecule has 1 aromatic rings. The van der Waals surface area contributed by atoms with Crippen LogP contribution < -0.4 is 10.2 Å². The molecular formula is C16H28N4O. The smallest absolute Gasteiger partial charge is 0.242 e. The lowest BCUT2D eigenvalue weighted by Crippen LogP contribution is -2.39. The lowest BCUT2D eigenvalue weighted by Gasteiger charge is -2.25. The van der Waals surface area contributed by atoms with Gasteiger partial charge in [0.2, 0.25) is 5.91 Å². The summed E-state index contributed by atoms with van der Waals surface area (Å²) < 4.78 is 0. The summed E-state index contributed by atoms with van der Waals surface area (Å²) in [7, 11) is 1.92. The molecule has 1 heterocycles. The Balaban J connectivity index is 2.77. The van der Waals surface area contributed by atoms with Crippen LogP contribution in [-0.2, 0) is 11.3 Å². The number of nitrogens with zero attached hydrogens (tertiary/aromatic N) is 3. The van der Waals surface area contributed by atoms with Gasteiger partial charge in [0.05, 0.1) is 6.54 Å². The van der Waals surface area contributed by atoms with E-state index < -0.39 is 0 Å². The number of carbonyl (C=O) groups excluding carboxylic acids is 1. The van der Waals surface area contributed by atoms with Crippen molar-refractivity contribution in [2.75, 3.05) is 31.6 Å². The van der Waals surface area contributed by atoms with Crippen molar-refractivity contribution in [2.45, 2.75) is 40.3 Å². The summed E-state index contributed by atoms with van der Waals surface area (Å²) in [6, 6.07) is 4.40. The van der Waals surface area contributed by atoms with E-state index in [1.807, 2.05) is 36.8 Å². The first kappa shape index (κ1) is 17.4. The van der Waals surface area contributed by atoms with Crippen LogP contribution in [0.5, 0.6) is 0 Å². The molecule has 1 aromatic heterocycles. The molecule has 0 saturated heterocycles. The van der Waals surface area contributed by atoms with Crippen molar-refractivity contribution in [3.8, 4) is 0 Å². The highest BCUT2D eigenvalue weighted by atomic mass is 16.2. The molecular weight excluding hydrogens is 264 g/mol. The number of aromatic nitrogens is 1. The summed E-state index contributed by atoms with van der Waals surface area (Å²) in [5, 5.41) is 3.39. The number of nitrogens with one attached hydrogen (secondary N) is 1. The third kappa shape index (κ3) is 5.34. The molecule has 1 N–H and O–H groups in total. The maximum Gasteiger partial charge on any atom is 0.242 e. The second-order valence-electron chi connectivity index (χ2n) is 5.44. The van der Waals surface area contributed by atoms with E-state index in [1.54, 1.807) is 6.20 Å². The summed E-state index contributed by atoms with van der Waals surface area (Å²) in [5.74, 6) is 1.00. The molecule has 1 amide bonds. The number of anilines is 1. The molecule has 118 valence electrons. The SMILES string of the molecule is CCN(CC)C(=O)CN(C)c1ncccc1CNC(C)C. The number of pyridine rings is 1. The number of amides is 1. The number of likely N-dealkylation sites (N-methyl/N-ethyl adjacent to an activating group) is 2. The monoisotopic (exact) mass is 292 g/mol. The third-order valence-electron chi connectivity index (χ3n) is 3.42. The van der Waals surface area contributed by atoms with Crippen LogP contribution in [0.4, 0.5) is 5.82 Å². The summed E-state index contributed by atoms with van der Waals surface area (Å²) >= 11 is 0. The lowest BCUT2D eigenvalue weighted by atomic mass is 10.2. The summed E-state index contributed by atoms with van der Waals surface area (Å²) in [4.78, 5) is 20.4. The van der Waals surface area contributed by atoms with E-state index in [1.165, 1.54) is 0 Å².